The Kier molecular flexibility index (Phi) is 5.67. The Hall–Kier alpha value is -1.62. The Morgan fingerprint density at radius 3 is 2.56 bits per heavy atom. The predicted molar refractivity (Wildman–Crippen MR) is 108 cm³/mol. The van der Waals surface area contributed by atoms with Crippen molar-refractivity contribution >= 4 is 0 Å². The second kappa shape index (κ2) is 8.17. The lowest BCUT2D eigenvalue weighted by Gasteiger charge is -2.40. The van der Waals surface area contributed by atoms with Gasteiger partial charge in [0.15, 0.2) is 0 Å². The van der Waals surface area contributed by atoms with E-state index in [1.807, 2.05) is 0 Å². The van der Waals surface area contributed by atoms with Crippen LogP contribution in [0.2, 0.25) is 0 Å². The zero-order valence-corrected chi connectivity index (χ0v) is 16.5. The van der Waals surface area contributed by atoms with Crippen molar-refractivity contribution in [3.8, 4) is 0 Å². The molecule has 0 bridgehead atoms. The highest BCUT2D eigenvalue weighted by Crippen LogP contribution is 2.47. The predicted octanol–water partition coefficient (Wildman–Crippen LogP) is 4.39. The molecule has 1 aromatic heterocycles. The number of nitrogens with one attached hydrogen (secondary N) is 2. The molecule has 1 aliphatic heterocycles. The van der Waals surface area contributed by atoms with E-state index < -0.39 is 0 Å². The molecule has 0 radical (unpaired) electrons. The van der Waals surface area contributed by atoms with Crippen molar-refractivity contribution < 1.29 is 9.15 Å². The van der Waals surface area contributed by atoms with E-state index in [2.05, 4.69) is 66.9 Å². The number of benzene rings is 1. The van der Waals surface area contributed by atoms with Crippen molar-refractivity contribution in [2.24, 2.45) is 5.92 Å². The fourth-order valence-corrected chi connectivity index (χ4v) is 4.25. The minimum atomic E-state index is 0.0634. The van der Waals surface area contributed by atoms with Crippen LogP contribution < -0.4 is 10.6 Å². The minimum Gasteiger partial charge on any atom is -0.464 e. The van der Waals surface area contributed by atoms with Crippen molar-refractivity contribution in [2.75, 3.05) is 19.8 Å². The molecule has 2 fully saturated rings. The molecule has 1 saturated heterocycles. The molecule has 1 saturated carbocycles. The Balaban J connectivity index is 1.34. The van der Waals surface area contributed by atoms with E-state index in [1.54, 1.807) is 0 Å². The van der Waals surface area contributed by atoms with Gasteiger partial charge in [0, 0.05) is 37.3 Å². The third kappa shape index (κ3) is 4.63. The lowest BCUT2D eigenvalue weighted by molar-refractivity contribution is 0.0335. The van der Waals surface area contributed by atoms with Crippen LogP contribution in [0.1, 0.15) is 62.2 Å². The number of rotatable bonds is 8. The van der Waals surface area contributed by atoms with Gasteiger partial charge in [0.1, 0.15) is 11.5 Å². The van der Waals surface area contributed by atoms with Crippen molar-refractivity contribution in [1.29, 1.82) is 0 Å². The molecule has 1 aromatic carbocycles. The standard InChI is InChI=1S/C23H32N2O2/c1-17-14-21(17)22-9-8-20(27-22)15-24-16-23(10-12-26-13-11-23)25-18(2)19-6-4-3-5-7-19/h3-9,17-18,21,24-25H,10-16H2,1-2H3/t17-,18+,21+/m1/s1. The molecule has 3 atom stereocenters. The van der Waals surface area contributed by atoms with E-state index in [1.165, 1.54) is 12.0 Å². The maximum absolute atomic E-state index is 6.04. The molecule has 1 aliphatic carbocycles. The first-order chi connectivity index (χ1) is 13.2. The van der Waals surface area contributed by atoms with Gasteiger partial charge in [0.25, 0.3) is 0 Å². The highest BCUT2D eigenvalue weighted by molar-refractivity contribution is 5.19. The molecule has 2 aromatic rings. The normalized spacial score (nSPS) is 25.3. The zero-order chi connectivity index (χ0) is 18.7. The largest absolute Gasteiger partial charge is 0.464 e. The first-order valence-electron chi connectivity index (χ1n) is 10.3. The second-order valence-corrected chi connectivity index (χ2v) is 8.40. The van der Waals surface area contributed by atoms with Gasteiger partial charge in [0.05, 0.1) is 6.54 Å². The van der Waals surface area contributed by atoms with Gasteiger partial charge in [-0.1, -0.05) is 37.3 Å². The average Bonchev–Trinajstić information content (AvgIpc) is 3.24. The molecular weight excluding hydrogens is 336 g/mol. The van der Waals surface area contributed by atoms with Crippen LogP contribution in [0.4, 0.5) is 0 Å². The van der Waals surface area contributed by atoms with E-state index in [9.17, 15) is 0 Å². The van der Waals surface area contributed by atoms with Crippen LogP contribution in [-0.4, -0.2) is 25.3 Å². The summed E-state index contributed by atoms with van der Waals surface area (Å²) in [5, 5.41) is 7.54. The minimum absolute atomic E-state index is 0.0634. The maximum Gasteiger partial charge on any atom is 0.117 e. The van der Waals surface area contributed by atoms with Gasteiger partial charge >= 0.3 is 0 Å². The number of hydrogen-bond acceptors (Lipinski definition) is 4. The van der Waals surface area contributed by atoms with Crippen LogP contribution in [0, 0.1) is 5.92 Å². The topological polar surface area (TPSA) is 46.4 Å². The van der Waals surface area contributed by atoms with Gasteiger partial charge in [-0.15, -0.1) is 0 Å². The summed E-state index contributed by atoms with van der Waals surface area (Å²) in [5.41, 5.74) is 1.39. The second-order valence-electron chi connectivity index (χ2n) is 8.40. The first-order valence-corrected chi connectivity index (χ1v) is 10.3. The summed E-state index contributed by atoms with van der Waals surface area (Å²) in [5.74, 6) is 3.64. The summed E-state index contributed by atoms with van der Waals surface area (Å²) in [6.07, 6.45) is 3.32. The van der Waals surface area contributed by atoms with Gasteiger partial charge in [-0.05, 0) is 49.8 Å². The zero-order valence-electron chi connectivity index (χ0n) is 16.5. The molecule has 4 rings (SSSR count). The molecule has 4 heteroatoms. The quantitative estimate of drug-likeness (QED) is 0.725. The van der Waals surface area contributed by atoms with Crippen LogP contribution in [0.15, 0.2) is 46.9 Å². The smallest absolute Gasteiger partial charge is 0.117 e. The molecule has 2 heterocycles. The molecule has 0 unspecified atom stereocenters. The van der Waals surface area contributed by atoms with Gasteiger partial charge in [-0.3, -0.25) is 0 Å². The van der Waals surface area contributed by atoms with Crippen molar-refractivity contribution in [3.05, 3.63) is 59.5 Å². The summed E-state index contributed by atoms with van der Waals surface area (Å²) in [6.45, 7) is 7.89. The SMILES string of the molecule is C[C@H](NC1(CNCc2ccc([C@H]3C[C@H]3C)o2)CCOCC1)c1ccccc1. The van der Waals surface area contributed by atoms with Gasteiger partial charge in [-0.2, -0.15) is 0 Å². The van der Waals surface area contributed by atoms with E-state index in [-0.39, 0.29) is 5.54 Å². The van der Waals surface area contributed by atoms with Crippen LogP contribution >= 0.6 is 0 Å². The fourth-order valence-electron chi connectivity index (χ4n) is 4.25. The summed E-state index contributed by atoms with van der Waals surface area (Å²) in [7, 11) is 0. The van der Waals surface area contributed by atoms with Gasteiger partial charge in [-0.25, -0.2) is 0 Å². The Labute approximate surface area is 162 Å². The molecule has 2 N–H and O–H groups in total. The molecule has 0 spiro atoms. The number of hydrogen-bond donors (Lipinski definition) is 2. The Bertz CT molecular complexity index is 721. The Morgan fingerprint density at radius 2 is 1.85 bits per heavy atom. The Morgan fingerprint density at radius 1 is 1.11 bits per heavy atom. The third-order valence-corrected chi connectivity index (χ3v) is 6.19. The maximum atomic E-state index is 6.04. The molecule has 2 aliphatic rings. The van der Waals surface area contributed by atoms with Crippen molar-refractivity contribution in [3.63, 3.8) is 0 Å². The first kappa shape index (κ1) is 18.7. The molecule has 146 valence electrons. The molecule has 4 nitrogen and oxygen atoms in total. The van der Waals surface area contributed by atoms with Crippen LogP contribution in [-0.2, 0) is 11.3 Å². The number of ether oxygens (including phenoxy) is 1. The van der Waals surface area contributed by atoms with Crippen LogP contribution in [0.25, 0.3) is 0 Å². The fraction of sp³-hybridized carbons (Fsp3) is 0.565. The van der Waals surface area contributed by atoms with Crippen LogP contribution in [0.3, 0.4) is 0 Å². The van der Waals surface area contributed by atoms with E-state index in [0.717, 1.165) is 56.6 Å². The van der Waals surface area contributed by atoms with Gasteiger partial charge in [0.2, 0.25) is 0 Å². The summed E-state index contributed by atoms with van der Waals surface area (Å²) in [6, 6.07) is 15.3. The van der Waals surface area contributed by atoms with Gasteiger partial charge < -0.3 is 19.8 Å². The van der Waals surface area contributed by atoms with Crippen molar-refractivity contribution in [2.45, 2.75) is 57.2 Å². The lowest BCUT2D eigenvalue weighted by Crippen LogP contribution is -2.56. The molecule has 27 heavy (non-hydrogen) atoms. The highest BCUT2D eigenvalue weighted by Gasteiger charge is 2.37. The average molecular weight is 369 g/mol. The number of furan rings is 1. The van der Waals surface area contributed by atoms with Crippen molar-refractivity contribution in [1.82, 2.24) is 10.6 Å². The lowest BCUT2D eigenvalue weighted by atomic mass is 9.88. The van der Waals surface area contributed by atoms with E-state index >= 15 is 0 Å². The monoisotopic (exact) mass is 368 g/mol. The molecular formula is C23H32N2O2. The van der Waals surface area contributed by atoms with E-state index in [0.29, 0.717) is 12.0 Å². The van der Waals surface area contributed by atoms with E-state index in [4.69, 9.17) is 9.15 Å². The molecule has 0 amide bonds. The summed E-state index contributed by atoms with van der Waals surface area (Å²) >= 11 is 0. The third-order valence-electron chi connectivity index (χ3n) is 6.19. The van der Waals surface area contributed by atoms with Crippen LogP contribution in [0.5, 0.6) is 0 Å². The summed E-state index contributed by atoms with van der Waals surface area (Å²) in [4.78, 5) is 0. The summed E-state index contributed by atoms with van der Waals surface area (Å²) < 4.78 is 11.7. The highest BCUT2D eigenvalue weighted by atomic mass is 16.5.